The molecule has 2 heteroatoms. The second-order valence-electron chi connectivity index (χ2n) is 3.41. The van der Waals surface area contributed by atoms with E-state index in [1.54, 1.807) is 0 Å². The van der Waals surface area contributed by atoms with E-state index < -0.39 is 0 Å². The molecule has 0 fully saturated rings. The number of hydrogen-bond acceptors (Lipinski definition) is 2. The lowest BCUT2D eigenvalue weighted by molar-refractivity contribution is 0.532. The van der Waals surface area contributed by atoms with E-state index in [-0.39, 0.29) is 0 Å². The van der Waals surface area contributed by atoms with E-state index >= 15 is 0 Å². The second-order valence-corrected chi connectivity index (χ2v) is 3.41. The van der Waals surface area contributed by atoms with Gasteiger partial charge in [0, 0.05) is 12.4 Å². The van der Waals surface area contributed by atoms with Gasteiger partial charge in [-0.1, -0.05) is 31.9 Å². The van der Waals surface area contributed by atoms with Crippen molar-refractivity contribution in [1.82, 2.24) is 10.6 Å². The van der Waals surface area contributed by atoms with Crippen LogP contribution in [0.3, 0.4) is 0 Å². The summed E-state index contributed by atoms with van der Waals surface area (Å²) in [5.74, 6) is 0. The molecule has 0 aromatic rings. The first-order valence-electron chi connectivity index (χ1n) is 5.25. The molecule has 1 rings (SSSR count). The first kappa shape index (κ1) is 10.2. The van der Waals surface area contributed by atoms with E-state index in [9.17, 15) is 0 Å². The summed E-state index contributed by atoms with van der Waals surface area (Å²) < 4.78 is 0. The van der Waals surface area contributed by atoms with Gasteiger partial charge in [0.05, 0.1) is 6.17 Å². The standard InChI is InChI=1S/C11H20N2/c1-2-3-4-5-6-7-8-11-12-9-10-13-11/h5-6,9-13H,2-4,7-8H2,1H3/b6-5+. The average molecular weight is 180 g/mol. The Morgan fingerprint density at radius 3 is 2.54 bits per heavy atom. The molecule has 0 radical (unpaired) electrons. The lowest BCUT2D eigenvalue weighted by atomic mass is 10.2. The Bertz CT molecular complexity index is 165. The molecule has 13 heavy (non-hydrogen) atoms. The zero-order chi connectivity index (χ0) is 9.36. The van der Waals surface area contributed by atoms with Crippen LogP contribution in [-0.2, 0) is 0 Å². The molecule has 0 amide bonds. The summed E-state index contributed by atoms with van der Waals surface area (Å²) in [5.41, 5.74) is 0. The quantitative estimate of drug-likeness (QED) is 0.485. The molecule has 0 spiro atoms. The van der Waals surface area contributed by atoms with Crippen LogP contribution in [0.1, 0.15) is 39.0 Å². The Hall–Kier alpha value is -0.920. The first-order chi connectivity index (χ1) is 6.43. The van der Waals surface area contributed by atoms with Crippen molar-refractivity contribution < 1.29 is 0 Å². The van der Waals surface area contributed by atoms with Gasteiger partial charge in [-0.15, -0.1) is 0 Å². The minimum absolute atomic E-state index is 0.454. The monoisotopic (exact) mass is 180 g/mol. The maximum atomic E-state index is 3.23. The van der Waals surface area contributed by atoms with Crippen LogP contribution in [0.5, 0.6) is 0 Å². The molecular weight excluding hydrogens is 160 g/mol. The molecule has 0 saturated carbocycles. The SMILES string of the molecule is CCCC/C=C/CCC1NC=CN1. The van der Waals surface area contributed by atoms with Gasteiger partial charge in [-0.25, -0.2) is 0 Å². The number of allylic oxidation sites excluding steroid dienone is 2. The van der Waals surface area contributed by atoms with E-state index in [2.05, 4.69) is 29.7 Å². The molecule has 2 N–H and O–H groups in total. The van der Waals surface area contributed by atoms with Crippen molar-refractivity contribution in [1.29, 1.82) is 0 Å². The fourth-order valence-corrected chi connectivity index (χ4v) is 1.36. The van der Waals surface area contributed by atoms with E-state index in [1.165, 1.54) is 19.3 Å². The number of rotatable bonds is 6. The van der Waals surface area contributed by atoms with E-state index in [0.29, 0.717) is 6.17 Å². The molecule has 74 valence electrons. The van der Waals surface area contributed by atoms with Gasteiger partial charge in [0.15, 0.2) is 0 Å². The predicted molar refractivity (Wildman–Crippen MR) is 57.1 cm³/mol. The van der Waals surface area contributed by atoms with E-state index in [4.69, 9.17) is 0 Å². The van der Waals surface area contributed by atoms with Gasteiger partial charge in [-0.05, 0) is 19.3 Å². The van der Waals surface area contributed by atoms with Gasteiger partial charge in [0.1, 0.15) is 0 Å². The van der Waals surface area contributed by atoms with Crippen molar-refractivity contribution in [2.24, 2.45) is 0 Å². The molecule has 0 aromatic heterocycles. The maximum Gasteiger partial charge on any atom is 0.0958 e. The molecule has 0 aliphatic carbocycles. The van der Waals surface area contributed by atoms with Crippen LogP contribution in [0.15, 0.2) is 24.6 Å². The van der Waals surface area contributed by atoms with Crippen LogP contribution in [0.25, 0.3) is 0 Å². The third kappa shape index (κ3) is 4.61. The molecule has 0 aromatic carbocycles. The van der Waals surface area contributed by atoms with Gasteiger partial charge in [-0.3, -0.25) is 0 Å². The van der Waals surface area contributed by atoms with Crippen molar-refractivity contribution in [3.8, 4) is 0 Å². The second kappa shape index (κ2) is 6.58. The normalized spacial score (nSPS) is 16.4. The molecule has 0 unspecified atom stereocenters. The van der Waals surface area contributed by atoms with Crippen LogP contribution in [0.2, 0.25) is 0 Å². The molecule has 0 bridgehead atoms. The number of nitrogens with one attached hydrogen (secondary N) is 2. The maximum absolute atomic E-state index is 3.23. The molecule has 0 atom stereocenters. The lowest BCUT2D eigenvalue weighted by Gasteiger charge is -2.09. The average Bonchev–Trinajstić information content (AvgIpc) is 2.63. The van der Waals surface area contributed by atoms with Crippen LogP contribution in [0.4, 0.5) is 0 Å². The number of hydrogen-bond donors (Lipinski definition) is 2. The predicted octanol–water partition coefficient (Wildman–Crippen LogP) is 2.50. The highest BCUT2D eigenvalue weighted by Gasteiger charge is 2.04. The fraction of sp³-hybridized carbons (Fsp3) is 0.636. The zero-order valence-corrected chi connectivity index (χ0v) is 8.42. The molecular formula is C11H20N2. The number of unbranched alkanes of at least 4 members (excludes halogenated alkanes) is 2. The van der Waals surface area contributed by atoms with Crippen LogP contribution < -0.4 is 10.6 Å². The highest BCUT2D eigenvalue weighted by molar-refractivity contribution is 4.92. The summed E-state index contributed by atoms with van der Waals surface area (Å²) in [7, 11) is 0. The molecule has 2 nitrogen and oxygen atoms in total. The van der Waals surface area contributed by atoms with Crippen molar-refractivity contribution in [2.45, 2.75) is 45.2 Å². The zero-order valence-electron chi connectivity index (χ0n) is 8.42. The highest BCUT2D eigenvalue weighted by Crippen LogP contribution is 2.01. The summed E-state index contributed by atoms with van der Waals surface area (Å²) in [6.45, 7) is 2.23. The Morgan fingerprint density at radius 1 is 1.15 bits per heavy atom. The summed E-state index contributed by atoms with van der Waals surface area (Å²) in [6.07, 6.45) is 15.1. The summed E-state index contributed by atoms with van der Waals surface area (Å²) in [4.78, 5) is 0. The largest absolute Gasteiger partial charge is 0.370 e. The van der Waals surface area contributed by atoms with Gasteiger partial charge in [-0.2, -0.15) is 0 Å². The molecule has 0 saturated heterocycles. The summed E-state index contributed by atoms with van der Waals surface area (Å²) >= 11 is 0. The smallest absolute Gasteiger partial charge is 0.0958 e. The van der Waals surface area contributed by atoms with Crippen molar-refractivity contribution in [2.75, 3.05) is 0 Å². The molecule has 1 heterocycles. The Morgan fingerprint density at radius 2 is 1.85 bits per heavy atom. The topological polar surface area (TPSA) is 24.1 Å². The van der Waals surface area contributed by atoms with Gasteiger partial charge >= 0.3 is 0 Å². The van der Waals surface area contributed by atoms with Crippen molar-refractivity contribution in [3.05, 3.63) is 24.6 Å². The van der Waals surface area contributed by atoms with Gasteiger partial charge in [0.25, 0.3) is 0 Å². The van der Waals surface area contributed by atoms with Crippen molar-refractivity contribution in [3.63, 3.8) is 0 Å². The summed E-state index contributed by atoms with van der Waals surface area (Å²) in [6, 6.07) is 0. The molecule has 1 aliphatic heterocycles. The Balaban J connectivity index is 1.91. The third-order valence-electron chi connectivity index (χ3n) is 2.19. The van der Waals surface area contributed by atoms with E-state index in [0.717, 1.165) is 12.8 Å². The van der Waals surface area contributed by atoms with Gasteiger partial charge in [0.2, 0.25) is 0 Å². The van der Waals surface area contributed by atoms with Crippen LogP contribution in [-0.4, -0.2) is 6.17 Å². The van der Waals surface area contributed by atoms with Crippen LogP contribution in [0, 0.1) is 0 Å². The minimum Gasteiger partial charge on any atom is -0.370 e. The van der Waals surface area contributed by atoms with Crippen LogP contribution >= 0.6 is 0 Å². The Labute approximate surface area is 81.1 Å². The third-order valence-corrected chi connectivity index (χ3v) is 2.19. The first-order valence-corrected chi connectivity index (χ1v) is 5.25. The van der Waals surface area contributed by atoms with Gasteiger partial charge < -0.3 is 10.6 Å². The highest BCUT2D eigenvalue weighted by atomic mass is 15.1. The summed E-state index contributed by atoms with van der Waals surface area (Å²) in [5, 5.41) is 6.47. The lowest BCUT2D eigenvalue weighted by Crippen LogP contribution is -2.30. The Kier molecular flexibility index (Phi) is 5.14. The fourth-order valence-electron chi connectivity index (χ4n) is 1.36. The van der Waals surface area contributed by atoms with Crippen molar-refractivity contribution >= 4 is 0 Å². The minimum atomic E-state index is 0.454. The molecule has 1 aliphatic rings. The van der Waals surface area contributed by atoms with E-state index in [1.807, 2.05) is 12.4 Å².